The number of halogens is 1. The van der Waals surface area contributed by atoms with Crippen LogP contribution in [0.1, 0.15) is 31.2 Å². The highest BCUT2D eigenvalue weighted by Gasteiger charge is 2.03. The van der Waals surface area contributed by atoms with Gasteiger partial charge in [0, 0.05) is 19.7 Å². The van der Waals surface area contributed by atoms with Gasteiger partial charge < -0.3 is 15.2 Å². The van der Waals surface area contributed by atoms with Crippen LogP contribution in [-0.2, 0) is 13.0 Å². The van der Waals surface area contributed by atoms with E-state index in [9.17, 15) is 0 Å². The zero-order chi connectivity index (χ0) is 13.9. The van der Waals surface area contributed by atoms with Gasteiger partial charge in [0.25, 0.3) is 0 Å². The number of aliphatic imine (C=N–C) groups is 1. The van der Waals surface area contributed by atoms with Crippen LogP contribution in [-0.4, -0.2) is 36.7 Å². The molecule has 1 aromatic rings. The van der Waals surface area contributed by atoms with Crippen LogP contribution in [0.15, 0.2) is 15.6 Å². The Kier molecular flexibility index (Phi) is 12.0. The maximum atomic E-state index is 5.21. The molecule has 116 valence electrons. The normalized spacial score (nSPS) is 11.1. The van der Waals surface area contributed by atoms with Gasteiger partial charge in [-0.25, -0.2) is 0 Å². The molecule has 0 bridgehead atoms. The van der Waals surface area contributed by atoms with Crippen molar-refractivity contribution in [2.45, 2.75) is 32.7 Å². The van der Waals surface area contributed by atoms with E-state index < -0.39 is 0 Å². The van der Waals surface area contributed by atoms with Gasteiger partial charge in [-0.1, -0.05) is 12.1 Å². The minimum atomic E-state index is 0. The summed E-state index contributed by atoms with van der Waals surface area (Å²) < 4.78 is 5.21. The first-order valence-corrected chi connectivity index (χ1v) is 8.07. The number of unbranched alkanes of at least 4 members (excludes halogenated alkanes) is 1. The van der Waals surface area contributed by atoms with Crippen molar-refractivity contribution in [3.63, 3.8) is 0 Å². The Labute approximate surface area is 142 Å². The zero-order valence-electron chi connectivity index (χ0n) is 12.4. The average molecular weight is 412 g/mol. The van der Waals surface area contributed by atoms with Crippen LogP contribution >= 0.6 is 35.7 Å². The van der Waals surface area contributed by atoms with Gasteiger partial charge in [-0.15, -0.1) is 24.0 Å². The van der Waals surface area contributed by atoms with Gasteiger partial charge in [0.1, 0.15) is 0 Å². The predicted octanol–water partition coefficient (Wildman–Crippen LogP) is 2.66. The second kappa shape index (κ2) is 12.3. The number of rotatable bonds is 8. The molecule has 0 amide bonds. The van der Waals surface area contributed by atoms with Gasteiger partial charge in [-0.05, 0) is 31.3 Å². The largest absolute Gasteiger partial charge is 0.359 e. The molecule has 1 rings (SSSR count). The van der Waals surface area contributed by atoms with Gasteiger partial charge in [0.05, 0.1) is 12.2 Å². The van der Waals surface area contributed by atoms with E-state index in [0.29, 0.717) is 6.54 Å². The fourth-order valence-electron chi connectivity index (χ4n) is 1.58. The molecule has 0 unspecified atom stereocenters. The van der Waals surface area contributed by atoms with Crippen LogP contribution in [0.25, 0.3) is 0 Å². The summed E-state index contributed by atoms with van der Waals surface area (Å²) in [6.45, 7) is 3.61. The second-order valence-corrected chi connectivity index (χ2v) is 5.18. The summed E-state index contributed by atoms with van der Waals surface area (Å²) >= 11 is 1.89. The fraction of sp³-hybridized carbons (Fsp3) is 0.692. The van der Waals surface area contributed by atoms with E-state index in [1.165, 1.54) is 12.2 Å². The highest BCUT2D eigenvalue weighted by molar-refractivity contribution is 14.0. The zero-order valence-corrected chi connectivity index (χ0v) is 15.6. The minimum Gasteiger partial charge on any atom is -0.359 e. The number of hydrogen-bond acceptors (Lipinski definition) is 4. The van der Waals surface area contributed by atoms with Crippen LogP contribution in [0.3, 0.4) is 0 Å². The standard InChI is InChI=1S/C13H24N4OS.HI/c1-4-11-9-12(18-17-11)10-16-13(14-2)15-7-5-6-8-19-3;/h9H,4-8,10H2,1-3H3,(H2,14,15,16);1H. The average Bonchev–Trinajstić information content (AvgIpc) is 2.90. The Morgan fingerprint density at radius 2 is 2.20 bits per heavy atom. The summed E-state index contributed by atoms with van der Waals surface area (Å²) in [7, 11) is 1.77. The molecule has 20 heavy (non-hydrogen) atoms. The molecule has 0 radical (unpaired) electrons. The third-order valence-corrected chi connectivity index (χ3v) is 3.39. The molecule has 0 fully saturated rings. The molecular weight excluding hydrogens is 387 g/mol. The molecule has 1 aromatic heterocycles. The van der Waals surface area contributed by atoms with Gasteiger partial charge >= 0.3 is 0 Å². The van der Waals surface area contributed by atoms with E-state index >= 15 is 0 Å². The predicted molar refractivity (Wildman–Crippen MR) is 97.1 cm³/mol. The van der Waals surface area contributed by atoms with E-state index in [1.54, 1.807) is 7.05 Å². The van der Waals surface area contributed by atoms with Crippen LogP contribution in [0, 0.1) is 0 Å². The van der Waals surface area contributed by atoms with E-state index in [2.05, 4.69) is 34.0 Å². The summed E-state index contributed by atoms with van der Waals surface area (Å²) in [6, 6.07) is 1.97. The van der Waals surface area contributed by atoms with Crippen molar-refractivity contribution in [2.24, 2.45) is 4.99 Å². The first-order chi connectivity index (χ1) is 9.30. The lowest BCUT2D eigenvalue weighted by atomic mass is 10.3. The second-order valence-electron chi connectivity index (χ2n) is 4.19. The van der Waals surface area contributed by atoms with Gasteiger partial charge in [0.2, 0.25) is 0 Å². The van der Waals surface area contributed by atoms with Crippen LogP contribution in [0.4, 0.5) is 0 Å². The molecule has 0 aromatic carbocycles. The first kappa shape index (κ1) is 19.6. The molecule has 0 aliphatic heterocycles. The van der Waals surface area contributed by atoms with Crippen LogP contribution in [0.2, 0.25) is 0 Å². The SMILES string of the molecule is CCc1cc(CNC(=NC)NCCCCSC)on1.I. The Morgan fingerprint density at radius 1 is 1.40 bits per heavy atom. The van der Waals surface area contributed by atoms with Crippen molar-refractivity contribution in [2.75, 3.05) is 25.6 Å². The molecule has 5 nitrogen and oxygen atoms in total. The maximum Gasteiger partial charge on any atom is 0.191 e. The number of nitrogens with zero attached hydrogens (tertiary/aromatic N) is 2. The number of aromatic nitrogens is 1. The number of aryl methyl sites for hydroxylation is 1. The lowest BCUT2D eigenvalue weighted by molar-refractivity contribution is 0.374. The van der Waals surface area contributed by atoms with Gasteiger partial charge in [-0.2, -0.15) is 11.8 Å². The molecule has 0 atom stereocenters. The highest BCUT2D eigenvalue weighted by atomic mass is 127. The van der Waals surface area contributed by atoms with Crippen molar-refractivity contribution in [1.82, 2.24) is 15.8 Å². The topological polar surface area (TPSA) is 62.5 Å². The highest BCUT2D eigenvalue weighted by Crippen LogP contribution is 2.03. The summed E-state index contributed by atoms with van der Waals surface area (Å²) in [6.07, 6.45) is 5.42. The molecule has 7 heteroatoms. The number of nitrogens with one attached hydrogen (secondary N) is 2. The van der Waals surface area contributed by atoms with Crippen LogP contribution in [0.5, 0.6) is 0 Å². The molecule has 0 aliphatic rings. The fourth-order valence-corrected chi connectivity index (χ4v) is 2.07. The Hall–Kier alpha value is -0.440. The maximum absolute atomic E-state index is 5.21. The molecule has 0 saturated heterocycles. The van der Waals surface area contributed by atoms with Crippen molar-refractivity contribution in [1.29, 1.82) is 0 Å². The van der Waals surface area contributed by atoms with E-state index in [1.807, 2.05) is 17.8 Å². The van der Waals surface area contributed by atoms with Gasteiger partial charge in [-0.3, -0.25) is 4.99 Å². The summed E-state index contributed by atoms with van der Waals surface area (Å²) in [5.74, 6) is 2.85. The van der Waals surface area contributed by atoms with E-state index in [-0.39, 0.29) is 24.0 Å². The van der Waals surface area contributed by atoms with Crippen molar-refractivity contribution < 1.29 is 4.52 Å². The summed E-state index contributed by atoms with van der Waals surface area (Å²) in [5, 5.41) is 10.5. The monoisotopic (exact) mass is 412 g/mol. The molecule has 0 aliphatic carbocycles. The Bertz CT molecular complexity index is 384. The molecule has 2 N–H and O–H groups in total. The number of thioether (sulfide) groups is 1. The first-order valence-electron chi connectivity index (χ1n) is 6.68. The molecule has 0 saturated carbocycles. The molecule has 1 heterocycles. The van der Waals surface area contributed by atoms with Crippen molar-refractivity contribution >= 4 is 41.7 Å². The van der Waals surface area contributed by atoms with E-state index in [4.69, 9.17) is 4.52 Å². The van der Waals surface area contributed by atoms with Crippen molar-refractivity contribution in [3.8, 4) is 0 Å². The third-order valence-electron chi connectivity index (χ3n) is 2.69. The minimum absolute atomic E-state index is 0. The third kappa shape index (κ3) is 7.98. The smallest absolute Gasteiger partial charge is 0.191 e. The lowest BCUT2D eigenvalue weighted by Gasteiger charge is -2.10. The van der Waals surface area contributed by atoms with E-state index in [0.717, 1.165) is 36.8 Å². The van der Waals surface area contributed by atoms with Crippen molar-refractivity contribution in [3.05, 3.63) is 17.5 Å². The Morgan fingerprint density at radius 3 is 2.80 bits per heavy atom. The number of hydrogen-bond donors (Lipinski definition) is 2. The van der Waals surface area contributed by atoms with Crippen LogP contribution < -0.4 is 10.6 Å². The summed E-state index contributed by atoms with van der Waals surface area (Å²) in [5.41, 5.74) is 0.983. The quantitative estimate of drug-likeness (QED) is 0.298. The Balaban J connectivity index is 0.00000361. The summed E-state index contributed by atoms with van der Waals surface area (Å²) in [4.78, 5) is 4.18. The molecular formula is C13H25IN4OS. The van der Waals surface area contributed by atoms with Gasteiger partial charge in [0.15, 0.2) is 11.7 Å². The molecule has 0 spiro atoms. The number of guanidine groups is 1. The lowest BCUT2D eigenvalue weighted by Crippen LogP contribution is -2.37.